The fraction of sp³-hybridized carbons (Fsp3) is 0.143. The minimum absolute atomic E-state index is 0.0737. The molecular weight excluding hydrogens is 409 g/mol. The molecule has 0 amide bonds. The third kappa shape index (κ3) is 4.01. The van der Waals surface area contributed by atoms with E-state index in [-0.39, 0.29) is 17.9 Å². The summed E-state index contributed by atoms with van der Waals surface area (Å²) in [6.07, 6.45) is 0. The van der Waals surface area contributed by atoms with Gasteiger partial charge in [0.25, 0.3) is 5.69 Å². The van der Waals surface area contributed by atoms with Crippen molar-refractivity contribution in [1.29, 1.82) is 0 Å². The first-order chi connectivity index (χ1) is 10.0. The summed E-state index contributed by atoms with van der Waals surface area (Å²) in [5.74, 6) is 0.0596. The van der Waals surface area contributed by atoms with E-state index in [1.54, 1.807) is 6.07 Å². The average Bonchev–Trinajstić information content (AvgIpc) is 2.45. The second kappa shape index (κ2) is 7.00. The van der Waals surface area contributed by atoms with Crippen LogP contribution in [0.3, 0.4) is 0 Å². The van der Waals surface area contributed by atoms with Crippen molar-refractivity contribution in [3.8, 4) is 5.75 Å². The summed E-state index contributed by atoms with van der Waals surface area (Å²) < 4.78 is 19.7. The van der Waals surface area contributed by atoms with Crippen molar-refractivity contribution < 1.29 is 14.1 Å². The molecule has 0 radical (unpaired) electrons. The van der Waals surface area contributed by atoms with Gasteiger partial charge in [-0.25, -0.2) is 4.39 Å². The predicted octanol–water partition coefficient (Wildman–Crippen LogP) is 4.97. The zero-order chi connectivity index (χ0) is 15.4. The lowest BCUT2D eigenvalue weighted by Crippen LogP contribution is -2.02. The van der Waals surface area contributed by atoms with Crippen LogP contribution >= 0.6 is 31.9 Å². The predicted molar refractivity (Wildman–Crippen MR) is 84.2 cm³/mol. The van der Waals surface area contributed by atoms with Crippen LogP contribution in [0.2, 0.25) is 0 Å². The Morgan fingerprint density at radius 1 is 1.19 bits per heavy atom. The summed E-state index contributed by atoms with van der Waals surface area (Å²) in [5.41, 5.74) is 0.931. The van der Waals surface area contributed by atoms with E-state index in [1.807, 2.05) is 12.1 Å². The number of nitrogens with zero attached hydrogens (tertiary/aromatic N) is 1. The Morgan fingerprint density at radius 3 is 2.62 bits per heavy atom. The molecule has 0 spiro atoms. The molecule has 0 heterocycles. The summed E-state index contributed by atoms with van der Waals surface area (Å²) in [4.78, 5) is 10.4. The van der Waals surface area contributed by atoms with Crippen molar-refractivity contribution in [1.82, 2.24) is 0 Å². The van der Waals surface area contributed by atoms with Crippen molar-refractivity contribution in [2.45, 2.75) is 11.9 Å². The van der Waals surface area contributed by atoms with Gasteiger partial charge in [-0.3, -0.25) is 10.1 Å². The molecule has 0 bridgehead atoms. The Kier molecular flexibility index (Phi) is 5.30. The molecule has 0 aromatic heterocycles. The van der Waals surface area contributed by atoms with E-state index in [4.69, 9.17) is 4.74 Å². The number of nitro benzene ring substituents is 1. The standard InChI is InChI=1S/C14H10Br2FNO3/c15-7-9-5-11(16)1-4-14(9)21-8-10-6-12(17)2-3-13(10)18(19)20/h1-6H,7-8H2. The van der Waals surface area contributed by atoms with E-state index in [9.17, 15) is 14.5 Å². The molecule has 0 saturated carbocycles. The van der Waals surface area contributed by atoms with E-state index in [0.29, 0.717) is 11.1 Å². The first kappa shape index (κ1) is 15.9. The maximum atomic E-state index is 13.2. The first-order valence-corrected chi connectivity index (χ1v) is 7.82. The van der Waals surface area contributed by atoms with Crippen LogP contribution in [0.5, 0.6) is 5.75 Å². The monoisotopic (exact) mass is 417 g/mol. The van der Waals surface area contributed by atoms with E-state index in [2.05, 4.69) is 31.9 Å². The van der Waals surface area contributed by atoms with Crippen molar-refractivity contribution in [3.63, 3.8) is 0 Å². The van der Waals surface area contributed by atoms with Gasteiger partial charge in [-0.2, -0.15) is 0 Å². The second-order valence-electron chi connectivity index (χ2n) is 4.20. The fourth-order valence-electron chi connectivity index (χ4n) is 1.80. The summed E-state index contributed by atoms with van der Waals surface area (Å²) in [5, 5.41) is 11.5. The lowest BCUT2D eigenvalue weighted by Gasteiger charge is -2.11. The summed E-state index contributed by atoms with van der Waals surface area (Å²) in [6.45, 7) is -0.0737. The van der Waals surface area contributed by atoms with Crippen LogP contribution in [0.15, 0.2) is 40.9 Å². The first-order valence-electron chi connectivity index (χ1n) is 5.91. The molecule has 0 aliphatic rings. The Morgan fingerprint density at radius 2 is 1.95 bits per heavy atom. The highest BCUT2D eigenvalue weighted by atomic mass is 79.9. The van der Waals surface area contributed by atoms with E-state index in [1.165, 1.54) is 0 Å². The molecule has 110 valence electrons. The molecule has 0 aliphatic carbocycles. The van der Waals surface area contributed by atoms with Crippen LogP contribution in [-0.4, -0.2) is 4.92 Å². The van der Waals surface area contributed by atoms with Gasteiger partial charge in [0.05, 0.1) is 10.5 Å². The number of nitro groups is 1. The number of rotatable bonds is 5. The number of alkyl halides is 1. The van der Waals surface area contributed by atoms with Crippen LogP contribution < -0.4 is 4.74 Å². The number of hydrogen-bond donors (Lipinski definition) is 0. The van der Waals surface area contributed by atoms with Crippen LogP contribution in [-0.2, 0) is 11.9 Å². The average molecular weight is 419 g/mol. The van der Waals surface area contributed by atoms with Gasteiger partial charge in [0.15, 0.2) is 0 Å². The lowest BCUT2D eigenvalue weighted by atomic mass is 10.2. The van der Waals surface area contributed by atoms with Crippen LogP contribution in [0, 0.1) is 15.9 Å². The molecule has 0 atom stereocenters. The van der Waals surface area contributed by atoms with Gasteiger partial charge in [-0.1, -0.05) is 31.9 Å². The Balaban J connectivity index is 2.24. The fourth-order valence-corrected chi connectivity index (χ4v) is 2.64. The molecule has 7 heteroatoms. The highest BCUT2D eigenvalue weighted by Gasteiger charge is 2.15. The maximum Gasteiger partial charge on any atom is 0.276 e. The van der Waals surface area contributed by atoms with Gasteiger partial charge in [-0.05, 0) is 30.3 Å². The number of hydrogen-bond acceptors (Lipinski definition) is 3. The number of benzene rings is 2. The zero-order valence-electron chi connectivity index (χ0n) is 10.7. The molecule has 2 aromatic rings. The SMILES string of the molecule is O=[N+]([O-])c1ccc(F)cc1COc1ccc(Br)cc1CBr. The van der Waals surface area contributed by atoms with E-state index < -0.39 is 10.7 Å². The lowest BCUT2D eigenvalue weighted by molar-refractivity contribution is -0.385. The summed E-state index contributed by atoms with van der Waals surface area (Å²) >= 11 is 6.71. The van der Waals surface area contributed by atoms with Crippen molar-refractivity contribution in [2.75, 3.05) is 0 Å². The van der Waals surface area contributed by atoms with Gasteiger partial charge >= 0.3 is 0 Å². The van der Waals surface area contributed by atoms with E-state index in [0.717, 1.165) is 28.2 Å². The summed E-state index contributed by atoms with van der Waals surface area (Å²) in [6, 6.07) is 8.76. The quantitative estimate of drug-likeness (QED) is 0.391. The Bertz CT molecular complexity index is 679. The largest absolute Gasteiger partial charge is 0.488 e. The van der Waals surface area contributed by atoms with Crippen LogP contribution in [0.1, 0.15) is 11.1 Å². The normalized spacial score (nSPS) is 10.4. The highest BCUT2D eigenvalue weighted by molar-refractivity contribution is 9.10. The number of ether oxygens (including phenoxy) is 1. The van der Waals surface area contributed by atoms with Gasteiger partial charge in [-0.15, -0.1) is 0 Å². The van der Waals surface area contributed by atoms with E-state index >= 15 is 0 Å². The van der Waals surface area contributed by atoms with Crippen LogP contribution in [0.4, 0.5) is 10.1 Å². The van der Waals surface area contributed by atoms with Gasteiger partial charge in [0.2, 0.25) is 0 Å². The maximum absolute atomic E-state index is 13.2. The molecule has 0 N–H and O–H groups in total. The zero-order valence-corrected chi connectivity index (χ0v) is 13.9. The minimum Gasteiger partial charge on any atom is -0.488 e. The molecule has 0 unspecified atom stereocenters. The third-order valence-electron chi connectivity index (χ3n) is 2.79. The van der Waals surface area contributed by atoms with Gasteiger partial charge in [0, 0.05) is 21.4 Å². The highest BCUT2D eigenvalue weighted by Crippen LogP contribution is 2.27. The second-order valence-corrected chi connectivity index (χ2v) is 5.68. The summed E-state index contributed by atoms with van der Waals surface area (Å²) in [7, 11) is 0. The molecular formula is C14H10Br2FNO3. The van der Waals surface area contributed by atoms with Crippen LogP contribution in [0.25, 0.3) is 0 Å². The molecule has 2 aromatic carbocycles. The molecule has 4 nitrogen and oxygen atoms in total. The molecule has 0 fully saturated rings. The molecule has 21 heavy (non-hydrogen) atoms. The Hall–Kier alpha value is -1.47. The Labute approximate surface area is 137 Å². The topological polar surface area (TPSA) is 52.4 Å². The van der Waals surface area contributed by atoms with Gasteiger partial charge in [0.1, 0.15) is 18.2 Å². The van der Waals surface area contributed by atoms with Crippen molar-refractivity contribution in [2.24, 2.45) is 0 Å². The molecule has 2 rings (SSSR count). The number of halogens is 3. The molecule has 0 saturated heterocycles. The van der Waals surface area contributed by atoms with Crippen molar-refractivity contribution >= 4 is 37.5 Å². The minimum atomic E-state index is -0.550. The third-order valence-corrected chi connectivity index (χ3v) is 3.89. The molecule has 0 aliphatic heterocycles. The van der Waals surface area contributed by atoms with Crippen molar-refractivity contribution in [3.05, 3.63) is 67.9 Å². The smallest absolute Gasteiger partial charge is 0.276 e. The van der Waals surface area contributed by atoms with Gasteiger partial charge < -0.3 is 4.74 Å².